The summed E-state index contributed by atoms with van der Waals surface area (Å²) in [5.74, 6) is -0.00164. The van der Waals surface area contributed by atoms with Crippen LogP contribution in [-0.4, -0.2) is 47.9 Å². The van der Waals surface area contributed by atoms with E-state index in [1.807, 2.05) is 11.8 Å². The Kier molecular flexibility index (Phi) is 6.84. The summed E-state index contributed by atoms with van der Waals surface area (Å²) in [6.07, 6.45) is -1.91. The third-order valence-electron chi connectivity index (χ3n) is 4.50. The molecule has 2 rings (SSSR count). The third-order valence-corrected chi connectivity index (χ3v) is 4.50. The Balaban J connectivity index is 1.90. The van der Waals surface area contributed by atoms with Crippen molar-refractivity contribution in [1.29, 1.82) is 0 Å². The molecule has 1 saturated heterocycles. The molecule has 0 aliphatic carbocycles. The second kappa shape index (κ2) is 8.67. The molecule has 0 spiro atoms. The summed E-state index contributed by atoms with van der Waals surface area (Å²) in [5.41, 5.74) is 6.13. The van der Waals surface area contributed by atoms with Gasteiger partial charge in [-0.25, -0.2) is 0 Å². The van der Waals surface area contributed by atoms with Crippen LogP contribution >= 0.6 is 0 Å². The van der Waals surface area contributed by atoms with Crippen LogP contribution in [0.5, 0.6) is 0 Å². The molecular formula is C18H26F3N3O. The van der Waals surface area contributed by atoms with E-state index in [2.05, 4.69) is 4.90 Å². The Bertz CT molecular complexity index is 560. The van der Waals surface area contributed by atoms with Crippen molar-refractivity contribution in [2.45, 2.75) is 44.9 Å². The van der Waals surface area contributed by atoms with Crippen molar-refractivity contribution >= 4 is 5.91 Å². The summed E-state index contributed by atoms with van der Waals surface area (Å²) in [4.78, 5) is 16.3. The van der Waals surface area contributed by atoms with Crippen molar-refractivity contribution in [1.82, 2.24) is 9.80 Å². The highest BCUT2D eigenvalue weighted by atomic mass is 19.4. The van der Waals surface area contributed by atoms with Crippen molar-refractivity contribution in [2.75, 3.05) is 26.2 Å². The number of alkyl halides is 3. The largest absolute Gasteiger partial charge is 0.416 e. The van der Waals surface area contributed by atoms with Crippen molar-refractivity contribution in [3.05, 3.63) is 35.4 Å². The van der Waals surface area contributed by atoms with E-state index in [0.717, 1.165) is 37.1 Å². The maximum Gasteiger partial charge on any atom is 0.416 e. The molecule has 1 aliphatic heterocycles. The van der Waals surface area contributed by atoms with Crippen LogP contribution < -0.4 is 5.73 Å². The number of rotatable bonds is 5. The molecule has 1 heterocycles. The Hall–Kier alpha value is -1.60. The van der Waals surface area contributed by atoms with Gasteiger partial charge in [-0.3, -0.25) is 9.69 Å². The lowest BCUT2D eigenvalue weighted by molar-refractivity contribution is -0.137. The molecule has 1 atom stereocenters. The number of amides is 1. The molecule has 0 bridgehead atoms. The van der Waals surface area contributed by atoms with Crippen LogP contribution in [0.15, 0.2) is 24.3 Å². The minimum absolute atomic E-state index is 0.00164. The molecular weight excluding hydrogens is 331 g/mol. The first-order chi connectivity index (χ1) is 11.8. The fourth-order valence-electron chi connectivity index (χ4n) is 3.08. The number of benzene rings is 1. The van der Waals surface area contributed by atoms with Gasteiger partial charge in [-0.15, -0.1) is 0 Å². The van der Waals surface area contributed by atoms with E-state index < -0.39 is 17.8 Å². The topological polar surface area (TPSA) is 49.6 Å². The summed E-state index contributed by atoms with van der Waals surface area (Å²) < 4.78 is 37.8. The van der Waals surface area contributed by atoms with Crippen molar-refractivity contribution in [2.24, 2.45) is 5.73 Å². The second-order valence-corrected chi connectivity index (χ2v) is 6.54. The van der Waals surface area contributed by atoms with Crippen LogP contribution in [-0.2, 0) is 17.5 Å². The van der Waals surface area contributed by atoms with Gasteiger partial charge >= 0.3 is 6.18 Å². The summed E-state index contributed by atoms with van der Waals surface area (Å²) in [5, 5.41) is 0. The molecule has 140 valence electrons. The van der Waals surface area contributed by atoms with Gasteiger partial charge in [-0.05, 0) is 30.5 Å². The second-order valence-electron chi connectivity index (χ2n) is 6.54. The molecule has 1 amide bonds. The smallest absolute Gasteiger partial charge is 0.340 e. The molecule has 1 aliphatic rings. The van der Waals surface area contributed by atoms with Gasteiger partial charge in [0.15, 0.2) is 0 Å². The SMILES string of the molecule is CCCC(N)C(=O)N1CCCN(Cc2ccc(C(F)(F)F)cc2)CC1. The van der Waals surface area contributed by atoms with Crippen LogP contribution in [0, 0.1) is 0 Å². The number of halogens is 3. The fraction of sp³-hybridized carbons (Fsp3) is 0.611. The number of carbonyl (C=O) groups excluding carboxylic acids is 1. The van der Waals surface area contributed by atoms with E-state index in [0.29, 0.717) is 32.6 Å². The minimum atomic E-state index is -4.31. The number of hydrogen-bond donors (Lipinski definition) is 1. The zero-order valence-corrected chi connectivity index (χ0v) is 14.6. The van der Waals surface area contributed by atoms with E-state index in [9.17, 15) is 18.0 Å². The molecule has 0 saturated carbocycles. The summed E-state index contributed by atoms with van der Waals surface area (Å²) in [6, 6.07) is 4.84. The first-order valence-corrected chi connectivity index (χ1v) is 8.74. The third kappa shape index (κ3) is 5.71. The highest BCUT2D eigenvalue weighted by Crippen LogP contribution is 2.29. The Morgan fingerprint density at radius 3 is 2.44 bits per heavy atom. The van der Waals surface area contributed by atoms with E-state index in [4.69, 9.17) is 5.73 Å². The molecule has 2 N–H and O–H groups in total. The fourth-order valence-corrected chi connectivity index (χ4v) is 3.08. The Labute approximate surface area is 146 Å². The summed E-state index contributed by atoms with van der Waals surface area (Å²) >= 11 is 0. The first kappa shape index (κ1) is 19.7. The minimum Gasteiger partial charge on any atom is -0.340 e. The first-order valence-electron chi connectivity index (χ1n) is 8.74. The molecule has 4 nitrogen and oxygen atoms in total. The molecule has 25 heavy (non-hydrogen) atoms. The molecule has 0 radical (unpaired) electrons. The predicted molar refractivity (Wildman–Crippen MR) is 90.8 cm³/mol. The molecule has 7 heteroatoms. The zero-order valence-electron chi connectivity index (χ0n) is 14.6. The normalized spacial score (nSPS) is 18.0. The van der Waals surface area contributed by atoms with Gasteiger partial charge in [-0.1, -0.05) is 25.5 Å². The van der Waals surface area contributed by atoms with E-state index in [1.165, 1.54) is 12.1 Å². The van der Waals surface area contributed by atoms with Crippen molar-refractivity contribution in [3.8, 4) is 0 Å². The highest BCUT2D eigenvalue weighted by Gasteiger charge is 2.30. The van der Waals surface area contributed by atoms with Gasteiger partial charge in [0.2, 0.25) is 5.91 Å². The summed E-state index contributed by atoms with van der Waals surface area (Å²) in [7, 11) is 0. The van der Waals surface area contributed by atoms with Crippen molar-refractivity contribution in [3.63, 3.8) is 0 Å². The van der Waals surface area contributed by atoms with Gasteiger partial charge in [0.05, 0.1) is 11.6 Å². The maximum atomic E-state index is 12.6. The van der Waals surface area contributed by atoms with E-state index in [-0.39, 0.29) is 5.91 Å². The highest BCUT2D eigenvalue weighted by molar-refractivity contribution is 5.81. The quantitative estimate of drug-likeness (QED) is 0.882. The number of nitrogens with zero attached hydrogens (tertiary/aromatic N) is 2. The lowest BCUT2D eigenvalue weighted by Gasteiger charge is -2.24. The molecule has 1 aromatic carbocycles. The zero-order chi connectivity index (χ0) is 18.4. The van der Waals surface area contributed by atoms with Crippen LogP contribution in [0.2, 0.25) is 0 Å². The van der Waals surface area contributed by atoms with Gasteiger partial charge in [-0.2, -0.15) is 13.2 Å². The van der Waals surface area contributed by atoms with Gasteiger partial charge in [0.1, 0.15) is 0 Å². The van der Waals surface area contributed by atoms with Gasteiger partial charge in [0.25, 0.3) is 0 Å². The van der Waals surface area contributed by atoms with E-state index in [1.54, 1.807) is 0 Å². The standard InChI is InChI=1S/C18H26F3N3O/c1-2-4-16(22)17(25)24-10-3-9-23(11-12-24)13-14-5-7-15(8-6-14)18(19,20)21/h5-8,16H,2-4,9-13,22H2,1H3. The van der Waals surface area contributed by atoms with Crippen LogP contribution in [0.25, 0.3) is 0 Å². The van der Waals surface area contributed by atoms with Gasteiger partial charge in [0, 0.05) is 32.7 Å². The lowest BCUT2D eigenvalue weighted by atomic mass is 10.1. The lowest BCUT2D eigenvalue weighted by Crippen LogP contribution is -2.45. The average molecular weight is 357 g/mol. The molecule has 0 aromatic heterocycles. The summed E-state index contributed by atoms with van der Waals surface area (Å²) in [6.45, 7) is 5.39. The molecule has 1 aromatic rings. The number of hydrogen-bond acceptors (Lipinski definition) is 3. The van der Waals surface area contributed by atoms with Crippen LogP contribution in [0.1, 0.15) is 37.3 Å². The number of nitrogens with two attached hydrogens (primary N) is 1. The monoisotopic (exact) mass is 357 g/mol. The Morgan fingerprint density at radius 2 is 1.84 bits per heavy atom. The molecule has 1 fully saturated rings. The van der Waals surface area contributed by atoms with Crippen molar-refractivity contribution < 1.29 is 18.0 Å². The Morgan fingerprint density at radius 1 is 1.16 bits per heavy atom. The average Bonchev–Trinajstić information content (AvgIpc) is 2.79. The number of carbonyl (C=O) groups is 1. The predicted octanol–water partition coefficient (Wildman–Crippen LogP) is 2.87. The maximum absolute atomic E-state index is 12.6. The van der Waals surface area contributed by atoms with Crippen LogP contribution in [0.4, 0.5) is 13.2 Å². The molecule has 1 unspecified atom stereocenters. The van der Waals surface area contributed by atoms with Gasteiger partial charge < -0.3 is 10.6 Å². The van der Waals surface area contributed by atoms with E-state index >= 15 is 0 Å². The van der Waals surface area contributed by atoms with Crippen LogP contribution in [0.3, 0.4) is 0 Å².